The molecule has 0 aliphatic carbocycles. The summed E-state index contributed by atoms with van der Waals surface area (Å²) in [6.07, 6.45) is 0.898. The lowest BCUT2D eigenvalue weighted by Gasteiger charge is -2.04. The smallest absolute Gasteiger partial charge is 0.390 e. The Labute approximate surface area is 102 Å². The molecule has 0 fully saturated rings. The second kappa shape index (κ2) is 5.75. The maximum absolute atomic E-state index is 11.4. The van der Waals surface area contributed by atoms with Crippen molar-refractivity contribution in [3.8, 4) is 0 Å². The third-order valence-electron chi connectivity index (χ3n) is 2.13. The van der Waals surface area contributed by atoms with Gasteiger partial charge >= 0.3 is 5.82 Å². The lowest BCUT2D eigenvalue weighted by molar-refractivity contribution is -0.389. The van der Waals surface area contributed by atoms with Crippen LogP contribution in [0.1, 0.15) is 25.5 Å². The van der Waals surface area contributed by atoms with Gasteiger partial charge in [0, 0.05) is 6.42 Å². The average molecular weight is 255 g/mol. The molecule has 0 aliphatic heterocycles. The Morgan fingerprint density at radius 2 is 2.39 bits per heavy atom. The first-order chi connectivity index (χ1) is 8.49. The summed E-state index contributed by atoms with van der Waals surface area (Å²) in [5.74, 6) is -0.899. The molecule has 0 saturated carbocycles. The number of carbonyl (C=O) groups excluding carboxylic acids is 1. The summed E-state index contributed by atoms with van der Waals surface area (Å²) in [6, 6.07) is 1.11. The Balaban J connectivity index is 2.96. The van der Waals surface area contributed by atoms with E-state index in [1.54, 1.807) is 0 Å². The van der Waals surface area contributed by atoms with Crippen molar-refractivity contribution in [1.82, 2.24) is 15.1 Å². The maximum atomic E-state index is 11.4. The van der Waals surface area contributed by atoms with Gasteiger partial charge in [0.25, 0.3) is 0 Å². The number of amides is 1. The van der Waals surface area contributed by atoms with Crippen molar-refractivity contribution in [2.75, 3.05) is 0 Å². The third kappa shape index (κ3) is 3.03. The molecule has 1 aromatic heterocycles. The number of hydrogen-bond acceptors (Lipinski definition) is 6. The quantitative estimate of drug-likeness (QED) is 0.265. The molecule has 0 unspecified atom stereocenters. The molecular formula is C9H13N5O4. The molecular weight excluding hydrogens is 242 g/mol. The zero-order valence-corrected chi connectivity index (χ0v) is 9.95. The zero-order valence-electron chi connectivity index (χ0n) is 9.95. The van der Waals surface area contributed by atoms with E-state index in [4.69, 9.17) is 5.21 Å². The normalized spacial score (nSPS) is 11.3. The predicted molar refractivity (Wildman–Crippen MR) is 61.2 cm³/mol. The minimum absolute atomic E-state index is 0.147. The highest BCUT2D eigenvalue weighted by Gasteiger charge is 2.21. The van der Waals surface area contributed by atoms with Crippen LogP contribution in [-0.2, 0) is 11.8 Å². The molecule has 18 heavy (non-hydrogen) atoms. The fourth-order valence-electron chi connectivity index (χ4n) is 1.32. The van der Waals surface area contributed by atoms with Crippen LogP contribution in [0.4, 0.5) is 5.82 Å². The van der Waals surface area contributed by atoms with Crippen molar-refractivity contribution in [3.63, 3.8) is 0 Å². The van der Waals surface area contributed by atoms with Gasteiger partial charge in [-0.1, -0.05) is 12.1 Å². The fraction of sp³-hybridized carbons (Fsp3) is 0.444. The molecule has 0 saturated heterocycles. The third-order valence-corrected chi connectivity index (χ3v) is 2.13. The Bertz CT molecular complexity index is 493. The predicted octanol–water partition coefficient (Wildman–Crippen LogP) is 0.380. The van der Waals surface area contributed by atoms with Crippen LogP contribution in [-0.4, -0.2) is 31.7 Å². The fourth-order valence-corrected chi connectivity index (χ4v) is 1.32. The molecule has 1 amide bonds. The molecule has 0 bridgehead atoms. The summed E-state index contributed by atoms with van der Waals surface area (Å²) in [7, 11) is 1.44. The van der Waals surface area contributed by atoms with E-state index in [1.807, 2.05) is 6.92 Å². The van der Waals surface area contributed by atoms with E-state index in [9.17, 15) is 14.9 Å². The van der Waals surface area contributed by atoms with Gasteiger partial charge in [-0.3, -0.25) is 4.79 Å². The number of amidine groups is 1. The molecule has 0 atom stereocenters. The number of nitrogens with zero attached hydrogens (tertiary/aromatic N) is 4. The Morgan fingerprint density at radius 3 is 2.83 bits per heavy atom. The van der Waals surface area contributed by atoms with Crippen molar-refractivity contribution in [3.05, 3.63) is 21.9 Å². The molecule has 0 radical (unpaired) electrons. The average Bonchev–Trinajstić information content (AvgIpc) is 2.69. The molecule has 2 N–H and O–H groups in total. The van der Waals surface area contributed by atoms with E-state index in [-0.39, 0.29) is 23.9 Å². The van der Waals surface area contributed by atoms with Crippen molar-refractivity contribution in [2.24, 2.45) is 12.2 Å². The van der Waals surface area contributed by atoms with E-state index >= 15 is 0 Å². The Hall–Kier alpha value is -2.45. The standard InChI is InChI=1S/C9H13N5O4/c1-3-4-8(15)10-9(12-16)6-5-7(14(17)18)11-13(6)2/h5,16H,3-4H2,1-2H3,(H,10,12,15). The molecule has 1 heterocycles. The van der Waals surface area contributed by atoms with Crippen LogP contribution in [0, 0.1) is 10.1 Å². The number of oxime groups is 1. The van der Waals surface area contributed by atoms with Gasteiger partial charge < -0.3 is 20.6 Å². The molecule has 0 aromatic carbocycles. The van der Waals surface area contributed by atoms with Crippen molar-refractivity contribution in [2.45, 2.75) is 19.8 Å². The van der Waals surface area contributed by atoms with Crippen molar-refractivity contribution >= 4 is 17.6 Å². The van der Waals surface area contributed by atoms with Gasteiger partial charge in [-0.05, 0) is 11.3 Å². The summed E-state index contributed by atoms with van der Waals surface area (Å²) in [5, 5.41) is 28.2. The second-order valence-corrected chi connectivity index (χ2v) is 3.52. The van der Waals surface area contributed by atoms with Crippen LogP contribution in [0.3, 0.4) is 0 Å². The molecule has 0 aliphatic rings. The van der Waals surface area contributed by atoms with Crippen molar-refractivity contribution < 1.29 is 14.9 Å². The molecule has 0 spiro atoms. The van der Waals surface area contributed by atoms with Crippen LogP contribution in [0.2, 0.25) is 0 Å². The SMILES string of the molecule is CCCC(=O)N/C(=N\O)c1cc([N+](=O)[O-])nn1C. The van der Waals surface area contributed by atoms with Crippen LogP contribution in [0.25, 0.3) is 0 Å². The highest BCUT2D eigenvalue weighted by Crippen LogP contribution is 2.11. The number of aryl methyl sites for hydroxylation is 1. The minimum atomic E-state index is -0.674. The summed E-state index contributed by atoms with van der Waals surface area (Å²) in [4.78, 5) is 21.2. The summed E-state index contributed by atoms with van der Waals surface area (Å²) < 4.78 is 1.15. The first kappa shape index (κ1) is 13.6. The summed E-state index contributed by atoms with van der Waals surface area (Å²) in [5.41, 5.74) is 0.147. The van der Waals surface area contributed by atoms with Gasteiger partial charge in [0.05, 0.1) is 18.2 Å². The molecule has 1 rings (SSSR count). The topological polar surface area (TPSA) is 123 Å². The van der Waals surface area contributed by atoms with Gasteiger partial charge in [-0.15, -0.1) is 0 Å². The highest BCUT2D eigenvalue weighted by atomic mass is 16.6. The van der Waals surface area contributed by atoms with Gasteiger partial charge in [0.1, 0.15) is 5.69 Å². The van der Waals surface area contributed by atoms with E-state index in [0.29, 0.717) is 6.42 Å². The molecule has 9 nitrogen and oxygen atoms in total. The zero-order chi connectivity index (χ0) is 13.7. The summed E-state index contributed by atoms with van der Waals surface area (Å²) in [6.45, 7) is 1.82. The largest absolute Gasteiger partial charge is 0.409 e. The van der Waals surface area contributed by atoms with Gasteiger partial charge in [0.2, 0.25) is 5.91 Å². The first-order valence-electron chi connectivity index (χ1n) is 5.20. The number of nitrogens with one attached hydrogen (secondary N) is 1. The number of rotatable bonds is 4. The van der Waals surface area contributed by atoms with E-state index in [0.717, 1.165) is 10.7 Å². The minimum Gasteiger partial charge on any atom is -0.409 e. The summed E-state index contributed by atoms with van der Waals surface area (Å²) >= 11 is 0. The van der Waals surface area contributed by atoms with Gasteiger partial charge in [-0.25, -0.2) is 0 Å². The van der Waals surface area contributed by atoms with Gasteiger partial charge in [-0.2, -0.15) is 4.68 Å². The van der Waals surface area contributed by atoms with Crippen LogP contribution < -0.4 is 5.32 Å². The first-order valence-corrected chi connectivity index (χ1v) is 5.20. The van der Waals surface area contributed by atoms with Crippen LogP contribution >= 0.6 is 0 Å². The monoisotopic (exact) mass is 255 g/mol. The number of carbonyl (C=O) groups is 1. The lowest BCUT2D eigenvalue weighted by atomic mass is 10.3. The van der Waals surface area contributed by atoms with E-state index < -0.39 is 10.7 Å². The van der Waals surface area contributed by atoms with Crippen LogP contribution in [0.5, 0.6) is 0 Å². The molecule has 98 valence electrons. The Morgan fingerprint density at radius 1 is 1.72 bits per heavy atom. The van der Waals surface area contributed by atoms with Crippen molar-refractivity contribution in [1.29, 1.82) is 0 Å². The molecule has 1 aromatic rings. The van der Waals surface area contributed by atoms with E-state index in [2.05, 4.69) is 15.6 Å². The maximum Gasteiger partial charge on any atom is 0.390 e. The highest BCUT2D eigenvalue weighted by molar-refractivity contribution is 6.06. The lowest BCUT2D eigenvalue weighted by Crippen LogP contribution is -2.32. The van der Waals surface area contributed by atoms with Crippen LogP contribution in [0.15, 0.2) is 11.2 Å². The van der Waals surface area contributed by atoms with Gasteiger partial charge in [0.15, 0.2) is 5.84 Å². The molecule has 9 heteroatoms. The van der Waals surface area contributed by atoms with E-state index in [1.165, 1.54) is 7.05 Å². The Kier molecular flexibility index (Phi) is 4.35. The number of nitro groups is 1. The number of aromatic nitrogens is 2. The second-order valence-electron chi connectivity index (χ2n) is 3.52. The number of hydrogen-bond donors (Lipinski definition) is 2.